The summed E-state index contributed by atoms with van der Waals surface area (Å²) in [5.74, 6) is 0.646. The van der Waals surface area contributed by atoms with Gasteiger partial charge in [0.2, 0.25) is 11.8 Å². The van der Waals surface area contributed by atoms with Crippen LogP contribution in [-0.2, 0) is 22.6 Å². The summed E-state index contributed by atoms with van der Waals surface area (Å²) in [5.41, 5.74) is 3.18. The van der Waals surface area contributed by atoms with E-state index in [-0.39, 0.29) is 11.8 Å². The van der Waals surface area contributed by atoms with E-state index in [2.05, 4.69) is 18.3 Å². The standard InChI is InChI=1S/C31H38N2O3/c1-3-4-20-32-31(35)29(23-26-14-7-5-8-15-26)33(24-27-16-11-13-25(2)22-27)30(34)19-12-21-36-28-17-9-6-10-18-28/h5-11,13-18,22,29H,3-4,12,19-21,23-24H2,1-2H3,(H,32,35)/t29-/m0/s1. The molecule has 0 radical (unpaired) electrons. The number of nitrogens with zero attached hydrogens (tertiary/aromatic N) is 1. The Labute approximate surface area is 215 Å². The average molecular weight is 487 g/mol. The van der Waals surface area contributed by atoms with E-state index in [0.717, 1.165) is 35.3 Å². The van der Waals surface area contributed by atoms with Crippen LogP contribution in [0.15, 0.2) is 84.9 Å². The maximum absolute atomic E-state index is 13.6. The van der Waals surface area contributed by atoms with Crippen molar-refractivity contribution in [2.75, 3.05) is 13.2 Å². The highest BCUT2D eigenvalue weighted by Crippen LogP contribution is 2.18. The third-order valence-electron chi connectivity index (χ3n) is 6.08. The smallest absolute Gasteiger partial charge is 0.243 e. The zero-order valence-electron chi connectivity index (χ0n) is 21.5. The summed E-state index contributed by atoms with van der Waals surface area (Å²) in [6.45, 7) is 5.57. The summed E-state index contributed by atoms with van der Waals surface area (Å²) < 4.78 is 5.79. The van der Waals surface area contributed by atoms with Gasteiger partial charge in [0.05, 0.1) is 6.61 Å². The van der Waals surface area contributed by atoms with Crippen molar-refractivity contribution in [1.82, 2.24) is 10.2 Å². The van der Waals surface area contributed by atoms with E-state index >= 15 is 0 Å². The van der Waals surface area contributed by atoms with E-state index in [1.807, 2.05) is 85.8 Å². The average Bonchev–Trinajstić information content (AvgIpc) is 2.90. The third kappa shape index (κ3) is 8.88. The first-order valence-electron chi connectivity index (χ1n) is 12.9. The monoisotopic (exact) mass is 486 g/mol. The highest BCUT2D eigenvalue weighted by atomic mass is 16.5. The van der Waals surface area contributed by atoms with Crippen molar-refractivity contribution in [3.05, 3.63) is 102 Å². The van der Waals surface area contributed by atoms with E-state index in [9.17, 15) is 9.59 Å². The highest BCUT2D eigenvalue weighted by molar-refractivity contribution is 5.88. The minimum atomic E-state index is -0.590. The summed E-state index contributed by atoms with van der Waals surface area (Å²) in [5, 5.41) is 3.07. The first-order chi connectivity index (χ1) is 17.6. The van der Waals surface area contributed by atoms with E-state index in [4.69, 9.17) is 4.74 Å². The number of rotatable bonds is 14. The summed E-state index contributed by atoms with van der Waals surface area (Å²) >= 11 is 0. The Morgan fingerprint density at radius 1 is 0.889 bits per heavy atom. The molecule has 5 nitrogen and oxygen atoms in total. The zero-order chi connectivity index (χ0) is 25.6. The van der Waals surface area contributed by atoms with Gasteiger partial charge in [0.25, 0.3) is 0 Å². The Kier molecular flexibility index (Phi) is 11.0. The molecule has 3 aromatic rings. The van der Waals surface area contributed by atoms with Gasteiger partial charge in [-0.05, 0) is 43.0 Å². The molecule has 2 amide bonds. The molecule has 0 aliphatic heterocycles. The molecular formula is C31H38N2O3. The van der Waals surface area contributed by atoms with Gasteiger partial charge in [-0.1, -0.05) is 91.7 Å². The van der Waals surface area contributed by atoms with Crippen molar-refractivity contribution in [3.63, 3.8) is 0 Å². The Morgan fingerprint density at radius 3 is 2.28 bits per heavy atom. The molecule has 0 unspecified atom stereocenters. The number of amides is 2. The molecule has 190 valence electrons. The van der Waals surface area contributed by atoms with Crippen LogP contribution in [0.1, 0.15) is 49.3 Å². The van der Waals surface area contributed by atoms with Crippen LogP contribution in [0.3, 0.4) is 0 Å². The predicted octanol–water partition coefficient (Wildman–Crippen LogP) is 5.71. The molecule has 0 aromatic heterocycles. The fourth-order valence-electron chi connectivity index (χ4n) is 4.14. The van der Waals surface area contributed by atoms with E-state index in [0.29, 0.717) is 39.0 Å². The molecule has 0 saturated heterocycles. The van der Waals surface area contributed by atoms with Crippen LogP contribution in [0.2, 0.25) is 0 Å². The molecule has 1 N–H and O–H groups in total. The van der Waals surface area contributed by atoms with E-state index in [1.54, 1.807) is 4.90 Å². The number of carbonyl (C=O) groups is 2. The summed E-state index contributed by atoms with van der Waals surface area (Å²) in [4.78, 5) is 28.8. The van der Waals surface area contributed by atoms with Crippen LogP contribution in [-0.4, -0.2) is 35.9 Å². The van der Waals surface area contributed by atoms with Gasteiger partial charge in [-0.3, -0.25) is 9.59 Å². The molecule has 36 heavy (non-hydrogen) atoms. The predicted molar refractivity (Wildman–Crippen MR) is 145 cm³/mol. The Balaban J connectivity index is 1.78. The second-order valence-corrected chi connectivity index (χ2v) is 9.13. The zero-order valence-corrected chi connectivity index (χ0v) is 21.5. The molecule has 5 heteroatoms. The summed E-state index contributed by atoms with van der Waals surface area (Å²) in [6.07, 6.45) is 3.26. The number of ether oxygens (including phenoxy) is 1. The number of para-hydroxylation sites is 1. The van der Waals surface area contributed by atoms with Gasteiger partial charge in [-0.2, -0.15) is 0 Å². The summed E-state index contributed by atoms with van der Waals surface area (Å²) in [7, 11) is 0. The van der Waals surface area contributed by atoms with Crippen LogP contribution in [0.4, 0.5) is 0 Å². The van der Waals surface area contributed by atoms with Crippen LogP contribution in [0, 0.1) is 6.92 Å². The summed E-state index contributed by atoms with van der Waals surface area (Å²) in [6, 6.07) is 27.1. The molecule has 0 saturated carbocycles. The normalized spacial score (nSPS) is 11.5. The van der Waals surface area contributed by atoms with Gasteiger partial charge in [0.15, 0.2) is 0 Å². The minimum absolute atomic E-state index is 0.0419. The van der Waals surface area contributed by atoms with Crippen molar-refractivity contribution in [3.8, 4) is 5.75 Å². The van der Waals surface area contributed by atoms with Gasteiger partial charge in [-0.25, -0.2) is 0 Å². The minimum Gasteiger partial charge on any atom is -0.494 e. The van der Waals surface area contributed by atoms with Gasteiger partial charge in [-0.15, -0.1) is 0 Å². The number of carbonyl (C=O) groups excluding carboxylic acids is 2. The Hall–Kier alpha value is -3.60. The number of hydrogen-bond acceptors (Lipinski definition) is 3. The molecule has 0 fully saturated rings. The maximum Gasteiger partial charge on any atom is 0.243 e. The molecule has 0 aliphatic rings. The van der Waals surface area contributed by atoms with Gasteiger partial charge >= 0.3 is 0 Å². The van der Waals surface area contributed by atoms with Crippen LogP contribution < -0.4 is 10.1 Å². The lowest BCUT2D eigenvalue weighted by molar-refractivity contribution is -0.141. The lowest BCUT2D eigenvalue weighted by atomic mass is 10.0. The topological polar surface area (TPSA) is 58.6 Å². The number of nitrogens with one attached hydrogen (secondary N) is 1. The number of hydrogen-bond donors (Lipinski definition) is 1. The first kappa shape index (κ1) is 27.0. The quantitative estimate of drug-likeness (QED) is 0.297. The molecule has 0 spiro atoms. The Bertz CT molecular complexity index is 1070. The fourth-order valence-corrected chi connectivity index (χ4v) is 4.14. The van der Waals surface area contributed by atoms with Crippen molar-refractivity contribution in [1.29, 1.82) is 0 Å². The molecule has 0 aliphatic carbocycles. The van der Waals surface area contributed by atoms with Crippen LogP contribution >= 0.6 is 0 Å². The van der Waals surface area contributed by atoms with Crippen LogP contribution in [0.25, 0.3) is 0 Å². The van der Waals surface area contributed by atoms with E-state index in [1.165, 1.54) is 0 Å². The molecule has 3 aromatic carbocycles. The first-order valence-corrected chi connectivity index (χ1v) is 12.9. The number of unbranched alkanes of at least 4 members (excludes halogenated alkanes) is 1. The Morgan fingerprint density at radius 2 is 1.58 bits per heavy atom. The lowest BCUT2D eigenvalue weighted by Gasteiger charge is -2.32. The van der Waals surface area contributed by atoms with Gasteiger partial charge < -0.3 is 15.0 Å². The molecule has 0 bridgehead atoms. The van der Waals surface area contributed by atoms with Crippen molar-refractivity contribution >= 4 is 11.8 Å². The van der Waals surface area contributed by atoms with Crippen LogP contribution in [0.5, 0.6) is 5.75 Å². The third-order valence-corrected chi connectivity index (χ3v) is 6.08. The van der Waals surface area contributed by atoms with Crippen molar-refractivity contribution < 1.29 is 14.3 Å². The van der Waals surface area contributed by atoms with E-state index < -0.39 is 6.04 Å². The number of aryl methyl sites for hydroxylation is 1. The SMILES string of the molecule is CCCCNC(=O)[C@H](Cc1ccccc1)N(Cc1cccc(C)c1)C(=O)CCCOc1ccccc1. The number of benzene rings is 3. The molecule has 1 atom stereocenters. The maximum atomic E-state index is 13.6. The molecule has 3 rings (SSSR count). The highest BCUT2D eigenvalue weighted by Gasteiger charge is 2.30. The van der Waals surface area contributed by atoms with Gasteiger partial charge in [0.1, 0.15) is 11.8 Å². The lowest BCUT2D eigenvalue weighted by Crippen LogP contribution is -2.50. The molecular weight excluding hydrogens is 448 g/mol. The largest absolute Gasteiger partial charge is 0.494 e. The second-order valence-electron chi connectivity index (χ2n) is 9.13. The van der Waals surface area contributed by atoms with Crippen molar-refractivity contribution in [2.24, 2.45) is 0 Å². The second kappa shape index (κ2) is 14.7. The van der Waals surface area contributed by atoms with Crippen molar-refractivity contribution in [2.45, 2.75) is 58.5 Å². The molecule has 0 heterocycles. The van der Waals surface area contributed by atoms with Gasteiger partial charge in [0, 0.05) is 25.9 Å². The fraction of sp³-hybridized carbons (Fsp3) is 0.355.